The number of fused-ring (bicyclic) bond motifs is 8. The number of aromatic nitrogens is 4. The number of H-pyrrole nitrogens is 4. The Labute approximate surface area is 245 Å². The molecule has 0 saturated carbocycles. The van der Waals surface area contributed by atoms with Crippen LogP contribution in [0.3, 0.4) is 0 Å². The molecule has 6 aromatic rings. The van der Waals surface area contributed by atoms with Crippen molar-refractivity contribution in [2.45, 2.75) is 39.5 Å². The van der Waals surface area contributed by atoms with Crippen molar-refractivity contribution >= 4 is 23.3 Å². The van der Waals surface area contributed by atoms with Gasteiger partial charge in [0.1, 0.15) is 0 Å². The van der Waals surface area contributed by atoms with Crippen LogP contribution in [0.1, 0.15) is 71.7 Å². The van der Waals surface area contributed by atoms with Crippen molar-refractivity contribution in [3.63, 3.8) is 0 Å². The van der Waals surface area contributed by atoms with Gasteiger partial charge in [0.15, 0.2) is 0 Å². The maximum Gasteiger partial charge on any atom is 0.0485 e. The van der Waals surface area contributed by atoms with E-state index in [1.54, 1.807) is 0 Å². The van der Waals surface area contributed by atoms with Gasteiger partial charge in [-0.3, -0.25) is 0 Å². The van der Waals surface area contributed by atoms with Crippen molar-refractivity contribution in [2.75, 3.05) is 0 Å². The Kier molecular flexibility index (Phi) is 6.89. The smallest absolute Gasteiger partial charge is 0.0485 e. The zero-order chi connectivity index (χ0) is 28.5. The Hall–Kier alpha value is -4.96. The molecule has 0 atom stereocenters. The molecular formula is C38H36N4. The van der Waals surface area contributed by atoms with Crippen LogP contribution in [-0.2, 0) is 12.8 Å². The third kappa shape index (κ3) is 5.12. The van der Waals surface area contributed by atoms with Crippen LogP contribution in [0.5, 0.6) is 0 Å². The van der Waals surface area contributed by atoms with Gasteiger partial charge in [-0.2, -0.15) is 0 Å². The maximum absolute atomic E-state index is 3.70. The highest BCUT2D eigenvalue weighted by Gasteiger charge is 2.13. The predicted molar refractivity (Wildman–Crippen MR) is 173 cm³/mol. The molecule has 2 aromatic carbocycles. The Morgan fingerprint density at radius 1 is 0.476 bits per heavy atom. The Morgan fingerprint density at radius 2 is 0.952 bits per heavy atom. The van der Waals surface area contributed by atoms with E-state index in [0.29, 0.717) is 0 Å². The van der Waals surface area contributed by atoms with Crippen molar-refractivity contribution in [1.29, 1.82) is 0 Å². The van der Waals surface area contributed by atoms with E-state index in [2.05, 4.69) is 143 Å². The molecule has 0 amide bonds. The highest BCUT2D eigenvalue weighted by molar-refractivity contribution is 5.79. The minimum Gasteiger partial charge on any atom is -0.355 e. The van der Waals surface area contributed by atoms with E-state index in [1.807, 2.05) is 0 Å². The molecule has 4 nitrogen and oxygen atoms in total. The molecule has 8 bridgehead atoms. The summed E-state index contributed by atoms with van der Waals surface area (Å²) in [5, 5.41) is 4.29. The SMILES string of the molecule is CCCc1cccc(C2=c3ccc([nH]3)=Cc3ccc([nH]3)C(c3cccc(CCC)c3)=c3ccc([nH]3)=Cc3ccc2[nH]3)c1. The third-order valence-electron chi connectivity index (χ3n) is 8.04. The quantitative estimate of drug-likeness (QED) is 0.216. The zero-order valence-corrected chi connectivity index (χ0v) is 24.2. The van der Waals surface area contributed by atoms with Crippen molar-refractivity contribution in [1.82, 2.24) is 19.9 Å². The molecule has 0 aliphatic carbocycles. The molecule has 4 N–H and O–H groups in total. The lowest BCUT2D eigenvalue weighted by Crippen LogP contribution is -2.16. The van der Waals surface area contributed by atoms with Gasteiger partial charge < -0.3 is 19.9 Å². The van der Waals surface area contributed by atoms with Crippen LogP contribution in [0.25, 0.3) is 23.3 Å². The fraction of sp³-hybridized carbons (Fsp3) is 0.158. The van der Waals surface area contributed by atoms with Crippen LogP contribution in [0, 0.1) is 0 Å². The third-order valence-corrected chi connectivity index (χ3v) is 8.04. The second kappa shape index (κ2) is 11.1. The molecule has 5 heterocycles. The van der Waals surface area contributed by atoms with Crippen LogP contribution in [0.2, 0.25) is 0 Å². The molecule has 0 spiro atoms. The number of hydrogen-bond donors (Lipinski definition) is 4. The summed E-state index contributed by atoms with van der Waals surface area (Å²) in [6.07, 6.45) is 8.76. The summed E-state index contributed by atoms with van der Waals surface area (Å²) in [7, 11) is 0. The van der Waals surface area contributed by atoms with Gasteiger partial charge >= 0.3 is 0 Å². The summed E-state index contributed by atoms with van der Waals surface area (Å²) < 4.78 is 0. The lowest BCUT2D eigenvalue weighted by Gasteiger charge is -2.09. The molecule has 1 aliphatic heterocycles. The minimum absolute atomic E-state index is 1.06. The summed E-state index contributed by atoms with van der Waals surface area (Å²) in [4.78, 5) is 14.8. The number of benzene rings is 2. The monoisotopic (exact) mass is 548 g/mol. The lowest BCUT2D eigenvalue weighted by atomic mass is 9.99. The summed E-state index contributed by atoms with van der Waals surface area (Å²) in [6.45, 7) is 4.46. The first-order chi connectivity index (χ1) is 20.7. The van der Waals surface area contributed by atoms with Crippen molar-refractivity contribution < 1.29 is 0 Å². The van der Waals surface area contributed by atoms with Crippen molar-refractivity contribution in [3.05, 3.63) is 163 Å². The molecule has 4 heteroatoms. The zero-order valence-electron chi connectivity index (χ0n) is 24.2. The molecule has 0 radical (unpaired) electrons. The van der Waals surface area contributed by atoms with Gasteiger partial charge in [-0.05, 0) is 95.8 Å². The standard InChI is InChI=1S/C38H36N4/c1-3-7-25-9-5-11-27(21-25)37-33-17-13-29(39-33)23-31-15-19-35(41-31)38(28-12-6-10-26(22-28)8-4-2)36-20-16-32(42-36)24-30-14-18-34(37)40-30/h5-6,9-24,39-42H,3-4,7-8H2,1-2H3. The summed E-state index contributed by atoms with van der Waals surface area (Å²) in [5.74, 6) is 0. The summed E-state index contributed by atoms with van der Waals surface area (Å²) >= 11 is 0. The number of hydrogen-bond acceptors (Lipinski definition) is 0. The number of aryl methyl sites for hydroxylation is 2. The molecular weight excluding hydrogens is 512 g/mol. The van der Waals surface area contributed by atoms with E-state index in [9.17, 15) is 0 Å². The highest BCUT2D eigenvalue weighted by Crippen LogP contribution is 2.24. The van der Waals surface area contributed by atoms with Crippen LogP contribution < -0.4 is 21.4 Å². The minimum atomic E-state index is 1.06. The maximum atomic E-state index is 3.70. The van der Waals surface area contributed by atoms with Crippen LogP contribution in [0.15, 0.2) is 97.1 Å². The van der Waals surface area contributed by atoms with Gasteiger partial charge in [0.2, 0.25) is 0 Å². The number of aromatic amines is 4. The van der Waals surface area contributed by atoms with Crippen molar-refractivity contribution in [2.24, 2.45) is 0 Å². The van der Waals surface area contributed by atoms with Crippen LogP contribution in [-0.4, -0.2) is 19.9 Å². The largest absolute Gasteiger partial charge is 0.355 e. The van der Waals surface area contributed by atoms with Gasteiger partial charge in [0.05, 0.1) is 0 Å². The first-order valence-corrected chi connectivity index (χ1v) is 15.1. The second-order valence-corrected chi connectivity index (χ2v) is 11.2. The highest BCUT2D eigenvalue weighted by atomic mass is 14.8. The van der Waals surface area contributed by atoms with Crippen LogP contribution in [0.4, 0.5) is 0 Å². The predicted octanol–water partition coefficient (Wildman–Crippen LogP) is 5.37. The van der Waals surface area contributed by atoms with E-state index in [0.717, 1.165) is 69.9 Å². The summed E-state index contributed by atoms with van der Waals surface area (Å²) in [6, 6.07) is 35.3. The summed E-state index contributed by atoms with van der Waals surface area (Å²) in [5.41, 5.74) is 11.7. The van der Waals surface area contributed by atoms with E-state index >= 15 is 0 Å². The lowest BCUT2D eigenvalue weighted by molar-refractivity contribution is 0.921. The van der Waals surface area contributed by atoms with Gasteiger partial charge in [-0.25, -0.2) is 0 Å². The average molecular weight is 549 g/mol. The molecule has 208 valence electrons. The number of rotatable bonds is 6. The fourth-order valence-electron chi connectivity index (χ4n) is 6.16. The van der Waals surface area contributed by atoms with Gasteiger partial charge in [-0.15, -0.1) is 0 Å². The molecule has 0 saturated heterocycles. The average Bonchev–Trinajstić information content (AvgIpc) is 3.81. The fourth-order valence-corrected chi connectivity index (χ4v) is 6.16. The van der Waals surface area contributed by atoms with Crippen molar-refractivity contribution in [3.8, 4) is 0 Å². The second-order valence-electron chi connectivity index (χ2n) is 11.2. The molecule has 42 heavy (non-hydrogen) atoms. The van der Waals surface area contributed by atoms with Gasteiger partial charge in [0, 0.05) is 55.3 Å². The van der Waals surface area contributed by atoms with E-state index in [1.165, 1.54) is 33.4 Å². The topological polar surface area (TPSA) is 63.2 Å². The molecule has 0 fully saturated rings. The van der Waals surface area contributed by atoms with E-state index < -0.39 is 0 Å². The normalized spacial score (nSPS) is 12.7. The molecule has 1 aliphatic rings. The molecule has 0 unspecified atom stereocenters. The van der Waals surface area contributed by atoms with E-state index in [4.69, 9.17) is 0 Å². The first-order valence-electron chi connectivity index (χ1n) is 15.1. The van der Waals surface area contributed by atoms with Crippen LogP contribution >= 0.6 is 0 Å². The van der Waals surface area contributed by atoms with E-state index in [-0.39, 0.29) is 0 Å². The van der Waals surface area contributed by atoms with Gasteiger partial charge in [-0.1, -0.05) is 75.2 Å². The van der Waals surface area contributed by atoms with Gasteiger partial charge in [0.25, 0.3) is 0 Å². The number of nitrogens with one attached hydrogen (secondary N) is 4. The first kappa shape index (κ1) is 26.0. The molecule has 4 aromatic heterocycles. The Morgan fingerprint density at radius 3 is 1.40 bits per heavy atom. The Bertz CT molecular complexity index is 1970. The Balaban J connectivity index is 1.47. The molecule has 7 rings (SSSR count).